The van der Waals surface area contributed by atoms with E-state index in [-0.39, 0.29) is 5.92 Å². The number of ether oxygens (including phenoxy) is 1. The topological polar surface area (TPSA) is 73.2 Å². The van der Waals surface area contributed by atoms with Gasteiger partial charge < -0.3 is 19.8 Å². The van der Waals surface area contributed by atoms with Gasteiger partial charge in [-0.25, -0.2) is 4.79 Å². The molecule has 0 radical (unpaired) electrons. The lowest BCUT2D eigenvalue weighted by molar-refractivity contribution is -0.0339. The Hall–Kier alpha value is -2.09. The molecule has 1 saturated heterocycles. The molecule has 1 aliphatic carbocycles. The van der Waals surface area contributed by atoms with Crippen molar-refractivity contribution in [1.29, 1.82) is 0 Å². The van der Waals surface area contributed by atoms with Gasteiger partial charge in [0.25, 0.3) is 0 Å². The number of carbonyl (C=O) groups is 1. The van der Waals surface area contributed by atoms with Crippen LogP contribution in [0.1, 0.15) is 49.1 Å². The smallest absolute Gasteiger partial charge is 0.407 e. The Kier molecular flexibility index (Phi) is 7.94. The minimum atomic E-state index is -0.855. The zero-order chi connectivity index (χ0) is 23.3. The Morgan fingerprint density at radius 2 is 1.73 bits per heavy atom. The molecule has 2 N–H and O–H groups in total. The maximum absolute atomic E-state index is 11.7. The van der Waals surface area contributed by atoms with Crippen molar-refractivity contribution in [1.82, 2.24) is 9.80 Å². The number of halogens is 1. The normalized spacial score (nSPS) is 19.8. The maximum Gasteiger partial charge on any atom is 0.407 e. The number of piperazine rings is 1. The van der Waals surface area contributed by atoms with Gasteiger partial charge in [0.2, 0.25) is 0 Å². The summed E-state index contributed by atoms with van der Waals surface area (Å²) in [7, 11) is 0. The summed E-state index contributed by atoms with van der Waals surface area (Å²) in [5, 5.41) is 20.9. The molecule has 1 saturated carbocycles. The van der Waals surface area contributed by atoms with Crippen molar-refractivity contribution in [2.24, 2.45) is 0 Å². The number of carboxylic acid groups (broad SMARTS) is 1. The summed E-state index contributed by atoms with van der Waals surface area (Å²) in [5.74, 6) is 0.751. The number of rotatable bonds is 7. The summed E-state index contributed by atoms with van der Waals surface area (Å²) in [6.07, 6.45) is 4.00. The fourth-order valence-electron chi connectivity index (χ4n) is 5.06. The van der Waals surface area contributed by atoms with Gasteiger partial charge in [0.15, 0.2) is 0 Å². The van der Waals surface area contributed by atoms with Crippen LogP contribution in [0.2, 0.25) is 0 Å². The summed E-state index contributed by atoms with van der Waals surface area (Å²) < 4.78 is 6.92. The Balaban J connectivity index is 1.50. The molecule has 1 amide bonds. The third-order valence-corrected chi connectivity index (χ3v) is 7.67. The molecule has 1 atom stereocenters. The van der Waals surface area contributed by atoms with E-state index in [0.29, 0.717) is 32.8 Å². The van der Waals surface area contributed by atoms with Gasteiger partial charge in [-0.3, -0.25) is 4.90 Å². The first-order chi connectivity index (χ1) is 15.9. The van der Waals surface area contributed by atoms with Crippen LogP contribution in [0, 0.1) is 0 Å². The zero-order valence-electron chi connectivity index (χ0n) is 19.0. The Labute approximate surface area is 204 Å². The average Bonchev–Trinajstić information content (AvgIpc) is 2.83. The largest absolute Gasteiger partial charge is 0.488 e. The second kappa shape index (κ2) is 10.9. The number of benzene rings is 2. The highest BCUT2D eigenvalue weighted by Gasteiger charge is 2.40. The summed E-state index contributed by atoms with van der Waals surface area (Å²) >= 11 is 3.69. The van der Waals surface area contributed by atoms with Crippen LogP contribution in [0.5, 0.6) is 5.75 Å². The molecule has 7 heteroatoms. The van der Waals surface area contributed by atoms with Gasteiger partial charge in [-0.15, -0.1) is 0 Å². The highest BCUT2D eigenvalue weighted by atomic mass is 79.9. The monoisotopic (exact) mass is 516 g/mol. The van der Waals surface area contributed by atoms with Crippen molar-refractivity contribution in [2.75, 3.05) is 32.7 Å². The fourth-order valence-corrected chi connectivity index (χ4v) is 5.58. The molecular weight excluding hydrogens is 484 g/mol. The van der Waals surface area contributed by atoms with Gasteiger partial charge in [0, 0.05) is 38.6 Å². The van der Waals surface area contributed by atoms with E-state index in [9.17, 15) is 15.0 Å². The van der Waals surface area contributed by atoms with Gasteiger partial charge in [-0.1, -0.05) is 55.7 Å². The van der Waals surface area contributed by atoms with Crippen molar-refractivity contribution in [3.05, 3.63) is 64.1 Å². The van der Waals surface area contributed by atoms with E-state index in [1.54, 1.807) is 0 Å². The van der Waals surface area contributed by atoms with Crippen LogP contribution >= 0.6 is 15.9 Å². The third-order valence-electron chi connectivity index (χ3n) is 7.05. The van der Waals surface area contributed by atoms with E-state index in [1.165, 1.54) is 11.3 Å². The van der Waals surface area contributed by atoms with E-state index in [0.717, 1.165) is 53.6 Å². The van der Waals surface area contributed by atoms with Crippen molar-refractivity contribution in [3.8, 4) is 5.75 Å². The first-order valence-corrected chi connectivity index (χ1v) is 12.6. The van der Waals surface area contributed by atoms with E-state index in [1.807, 2.05) is 36.4 Å². The summed E-state index contributed by atoms with van der Waals surface area (Å²) in [4.78, 5) is 15.0. The fraction of sp³-hybridized carbons (Fsp3) is 0.500. The number of hydrogen-bond acceptors (Lipinski definition) is 4. The molecular formula is C26H33BrN2O4. The lowest BCUT2D eigenvalue weighted by Crippen LogP contribution is -2.51. The van der Waals surface area contributed by atoms with Crippen LogP contribution in [-0.2, 0) is 6.61 Å². The highest BCUT2D eigenvalue weighted by molar-refractivity contribution is 9.10. The summed E-state index contributed by atoms with van der Waals surface area (Å²) in [6.45, 7) is 3.63. The molecule has 2 aromatic rings. The molecule has 33 heavy (non-hydrogen) atoms. The van der Waals surface area contributed by atoms with E-state index in [4.69, 9.17) is 4.74 Å². The molecule has 0 bridgehead atoms. The van der Waals surface area contributed by atoms with Crippen LogP contribution in [0.3, 0.4) is 0 Å². The van der Waals surface area contributed by atoms with Crippen molar-refractivity contribution < 1.29 is 19.7 Å². The van der Waals surface area contributed by atoms with Gasteiger partial charge in [0.05, 0.1) is 10.1 Å². The van der Waals surface area contributed by atoms with Crippen molar-refractivity contribution in [2.45, 2.75) is 50.2 Å². The Morgan fingerprint density at radius 3 is 2.36 bits per heavy atom. The Morgan fingerprint density at radius 1 is 1.03 bits per heavy atom. The molecule has 2 aliphatic rings. The number of nitrogens with zero attached hydrogens (tertiary/aromatic N) is 2. The van der Waals surface area contributed by atoms with Gasteiger partial charge in [-0.05, 0) is 52.0 Å². The molecule has 4 rings (SSSR count). The SMILES string of the molecule is O=C(O)N1CCN(CC(c2ccc(OCc3ccccc3)c(Br)c2)C2(O)CCCCC2)CC1. The standard InChI is InChI=1S/C26H33BrN2O4/c27-23-17-21(9-10-24(23)33-19-20-7-3-1-4-8-20)22(26(32)11-5-2-6-12-26)18-28-13-15-29(16-14-28)25(30)31/h1,3-4,7-10,17,22,32H,2,5-6,11-16,18-19H2,(H,30,31). The number of amides is 1. The lowest BCUT2D eigenvalue weighted by Gasteiger charge is -2.43. The molecule has 2 fully saturated rings. The van der Waals surface area contributed by atoms with Gasteiger partial charge in [0.1, 0.15) is 12.4 Å². The minimum Gasteiger partial charge on any atom is -0.488 e. The highest BCUT2D eigenvalue weighted by Crippen LogP contribution is 2.42. The molecule has 0 aromatic heterocycles. The van der Waals surface area contributed by atoms with Gasteiger partial charge >= 0.3 is 6.09 Å². The number of hydrogen-bond donors (Lipinski definition) is 2. The predicted octanol–water partition coefficient (Wildman–Crippen LogP) is 5.10. The second-order valence-electron chi connectivity index (χ2n) is 9.25. The van der Waals surface area contributed by atoms with Gasteiger partial charge in [-0.2, -0.15) is 0 Å². The van der Waals surface area contributed by atoms with Crippen LogP contribution in [0.25, 0.3) is 0 Å². The predicted molar refractivity (Wildman–Crippen MR) is 132 cm³/mol. The first kappa shape index (κ1) is 24.0. The quantitative estimate of drug-likeness (QED) is 0.535. The third kappa shape index (κ3) is 6.08. The minimum absolute atomic E-state index is 0.0337. The molecule has 1 aliphatic heterocycles. The molecule has 1 heterocycles. The molecule has 178 valence electrons. The van der Waals surface area contributed by atoms with E-state index < -0.39 is 11.7 Å². The van der Waals surface area contributed by atoms with Crippen LogP contribution in [-0.4, -0.2) is 64.4 Å². The van der Waals surface area contributed by atoms with Crippen molar-refractivity contribution >= 4 is 22.0 Å². The molecule has 6 nitrogen and oxygen atoms in total. The molecule has 2 aromatic carbocycles. The zero-order valence-corrected chi connectivity index (χ0v) is 20.5. The van der Waals surface area contributed by atoms with E-state index in [2.05, 4.69) is 33.0 Å². The van der Waals surface area contributed by atoms with Crippen LogP contribution in [0.15, 0.2) is 53.0 Å². The summed E-state index contributed by atoms with van der Waals surface area (Å²) in [6, 6.07) is 16.2. The lowest BCUT2D eigenvalue weighted by atomic mass is 9.72. The first-order valence-electron chi connectivity index (χ1n) is 11.8. The number of aliphatic hydroxyl groups is 1. The van der Waals surface area contributed by atoms with Crippen LogP contribution in [0.4, 0.5) is 4.79 Å². The Bertz CT molecular complexity index is 925. The molecule has 1 unspecified atom stereocenters. The molecule has 0 spiro atoms. The van der Waals surface area contributed by atoms with Crippen molar-refractivity contribution in [3.63, 3.8) is 0 Å². The van der Waals surface area contributed by atoms with Crippen LogP contribution < -0.4 is 4.74 Å². The summed E-state index contributed by atoms with van der Waals surface area (Å²) in [5.41, 5.74) is 1.47. The van der Waals surface area contributed by atoms with E-state index >= 15 is 0 Å². The maximum atomic E-state index is 11.7. The average molecular weight is 517 g/mol. The second-order valence-corrected chi connectivity index (χ2v) is 10.1.